The molecule has 0 unspecified atom stereocenters. The van der Waals surface area contributed by atoms with Gasteiger partial charge in [0.2, 0.25) is 5.91 Å². The number of benzene rings is 2. The van der Waals surface area contributed by atoms with E-state index < -0.39 is 5.97 Å². The summed E-state index contributed by atoms with van der Waals surface area (Å²) in [5.41, 5.74) is 1.86. The highest BCUT2D eigenvalue weighted by atomic mass is 16.5. The van der Waals surface area contributed by atoms with Crippen LogP contribution in [0.1, 0.15) is 24.0 Å². The Kier molecular flexibility index (Phi) is 6.39. The average Bonchev–Trinajstić information content (AvgIpc) is 2.56. The molecule has 2 aromatic carbocycles. The molecule has 6 nitrogen and oxygen atoms in total. The van der Waals surface area contributed by atoms with Gasteiger partial charge in [-0.3, -0.25) is 9.59 Å². The fourth-order valence-electron chi connectivity index (χ4n) is 2.24. The molecule has 25 heavy (non-hydrogen) atoms. The molecule has 2 rings (SSSR count). The van der Waals surface area contributed by atoms with Gasteiger partial charge in [-0.2, -0.15) is 0 Å². The van der Waals surface area contributed by atoms with E-state index >= 15 is 0 Å². The number of carbonyl (C=O) groups is 2. The van der Waals surface area contributed by atoms with Crippen LogP contribution >= 0.6 is 0 Å². The summed E-state index contributed by atoms with van der Waals surface area (Å²) in [6.45, 7) is 2.40. The lowest BCUT2D eigenvalue weighted by molar-refractivity contribution is -0.136. The molecule has 0 aromatic heterocycles. The molecule has 0 aliphatic carbocycles. The standard InChI is InChI=1S/C19H21NO5/c1-13-4-7-15(8-5-13)25-10-2-3-18(22)20-16-11-14(12-19(23)24)6-9-17(16)21/h4-9,11,21H,2-3,10,12H2,1H3,(H,20,22)(H,23,24). The number of aryl methyl sites for hydroxylation is 1. The van der Waals surface area contributed by atoms with Gasteiger partial charge in [0.1, 0.15) is 11.5 Å². The minimum atomic E-state index is -0.976. The fraction of sp³-hybridized carbons (Fsp3) is 0.263. The normalized spacial score (nSPS) is 10.3. The van der Waals surface area contributed by atoms with Gasteiger partial charge in [0, 0.05) is 6.42 Å². The van der Waals surface area contributed by atoms with Crippen LogP contribution in [0.4, 0.5) is 5.69 Å². The van der Waals surface area contributed by atoms with Crippen LogP contribution in [0.15, 0.2) is 42.5 Å². The Morgan fingerprint density at radius 1 is 1.12 bits per heavy atom. The van der Waals surface area contributed by atoms with Crippen LogP contribution in [0.5, 0.6) is 11.5 Å². The van der Waals surface area contributed by atoms with E-state index in [4.69, 9.17) is 9.84 Å². The number of anilines is 1. The summed E-state index contributed by atoms with van der Waals surface area (Å²) in [5.74, 6) is -0.588. The summed E-state index contributed by atoms with van der Waals surface area (Å²) in [6, 6.07) is 12.0. The zero-order valence-electron chi connectivity index (χ0n) is 14.0. The lowest BCUT2D eigenvalue weighted by atomic mass is 10.1. The van der Waals surface area contributed by atoms with Crippen molar-refractivity contribution in [3.8, 4) is 11.5 Å². The molecule has 0 saturated carbocycles. The number of carbonyl (C=O) groups excluding carboxylic acids is 1. The number of amides is 1. The Balaban J connectivity index is 1.79. The molecule has 2 aromatic rings. The predicted octanol–water partition coefficient (Wildman–Crippen LogP) is 3.13. The highest BCUT2D eigenvalue weighted by molar-refractivity contribution is 5.92. The lowest BCUT2D eigenvalue weighted by Gasteiger charge is -2.10. The largest absolute Gasteiger partial charge is 0.506 e. The minimum absolute atomic E-state index is 0.0987. The van der Waals surface area contributed by atoms with Gasteiger partial charge in [0.25, 0.3) is 0 Å². The molecule has 132 valence electrons. The first-order valence-corrected chi connectivity index (χ1v) is 7.97. The molecule has 0 spiro atoms. The Morgan fingerprint density at radius 3 is 2.52 bits per heavy atom. The number of carboxylic acids is 1. The van der Waals surface area contributed by atoms with Crippen molar-refractivity contribution in [3.05, 3.63) is 53.6 Å². The Hall–Kier alpha value is -3.02. The van der Waals surface area contributed by atoms with E-state index in [1.54, 1.807) is 0 Å². The molecule has 0 radical (unpaired) electrons. The summed E-state index contributed by atoms with van der Waals surface area (Å²) in [6.07, 6.45) is 0.581. The van der Waals surface area contributed by atoms with Crippen LogP contribution in [0.3, 0.4) is 0 Å². The van der Waals surface area contributed by atoms with E-state index in [9.17, 15) is 14.7 Å². The quantitative estimate of drug-likeness (QED) is 0.505. The number of carboxylic acid groups (broad SMARTS) is 1. The highest BCUT2D eigenvalue weighted by Gasteiger charge is 2.09. The van der Waals surface area contributed by atoms with Crippen LogP contribution in [0.25, 0.3) is 0 Å². The van der Waals surface area contributed by atoms with Crippen molar-refractivity contribution in [1.29, 1.82) is 0 Å². The average molecular weight is 343 g/mol. The third kappa shape index (κ3) is 6.18. The van der Waals surface area contributed by atoms with Gasteiger partial charge in [-0.05, 0) is 43.2 Å². The van der Waals surface area contributed by atoms with Crippen LogP contribution in [0, 0.1) is 6.92 Å². The number of aromatic hydroxyl groups is 1. The number of hydrogen-bond acceptors (Lipinski definition) is 4. The van der Waals surface area contributed by atoms with Gasteiger partial charge in [0.15, 0.2) is 0 Å². The third-order valence-electron chi connectivity index (χ3n) is 3.53. The van der Waals surface area contributed by atoms with Gasteiger partial charge in [-0.1, -0.05) is 23.8 Å². The fourth-order valence-corrected chi connectivity index (χ4v) is 2.24. The molecule has 0 atom stereocenters. The predicted molar refractivity (Wildman–Crippen MR) is 94.0 cm³/mol. The van der Waals surface area contributed by atoms with Crippen molar-refractivity contribution in [2.75, 3.05) is 11.9 Å². The van der Waals surface area contributed by atoms with Crippen LogP contribution in [-0.4, -0.2) is 28.7 Å². The first-order valence-electron chi connectivity index (χ1n) is 7.97. The molecule has 0 bridgehead atoms. The van der Waals surface area contributed by atoms with Crippen LogP contribution < -0.4 is 10.1 Å². The molecular weight excluding hydrogens is 322 g/mol. The first-order chi connectivity index (χ1) is 11.9. The summed E-state index contributed by atoms with van der Waals surface area (Å²) in [5, 5.41) is 21.2. The third-order valence-corrected chi connectivity index (χ3v) is 3.53. The maximum atomic E-state index is 12.0. The van der Waals surface area contributed by atoms with E-state index in [0.717, 1.165) is 11.3 Å². The first kappa shape index (κ1) is 18.3. The summed E-state index contributed by atoms with van der Waals surface area (Å²) in [4.78, 5) is 22.7. The second-order valence-electron chi connectivity index (χ2n) is 5.74. The maximum absolute atomic E-state index is 12.0. The van der Waals surface area contributed by atoms with Crippen molar-refractivity contribution in [2.24, 2.45) is 0 Å². The molecule has 6 heteroatoms. The zero-order valence-corrected chi connectivity index (χ0v) is 14.0. The summed E-state index contributed by atoms with van der Waals surface area (Å²) < 4.78 is 5.55. The maximum Gasteiger partial charge on any atom is 0.307 e. The monoisotopic (exact) mass is 343 g/mol. The smallest absolute Gasteiger partial charge is 0.307 e. The van der Waals surface area contributed by atoms with Crippen molar-refractivity contribution in [1.82, 2.24) is 0 Å². The number of phenols is 1. The summed E-state index contributed by atoms with van der Waals surface area (Å²) in [7, 11) is 0. The van der Waals surface area contributed by atoms with Crippen molar-refractivity contribution in [2.45, 2.75) is 26.2 Å². The van der Waals surface area contributed by atoms with E-state index in [1.807, 2.05) is 31.2 Å². The van der Waals surface area contributed by atoms with Gasteiger partial charge in [0.05, 0.1) is 18.7 Å². The molecule has 0 fully saturated rings. The topological polar surface area (TPSA) is 95.9 Å². The Labute approximate surface area is 146 Å². The Morgan fingerprint density at radius 2 is 1.84 bits per heavy atom. The number of nitrogens with one attached hydrogen (secondary N) is 1. The zero-order chi connectivity index (χ0) is 18.2. The number of ether oxygens (including phenoxy) is 1. The Bertz CT molecular complexity index is 740. The molecule has 0 saturated heterocycles. The van der Waals surface area contributed by atoms with Gasteiger partial charge >= 0.3 is 5.97 Å². The van der Waals surface area contributed by atoms with Crippen molar-refractivity contribution < 1.29 is 24.5 Å². The van der Waals surface area contributed by atoms with Crippen molar-refractivity contribution >= 4 is 17.6 Å². The minimum Gasteiger partial charge on any atom is -0.506 e. The van der Waals surface area contributed by atoms with E-state index in [0.29, 0.717) is 18.6 Å². The van der Waals surface area contributed by atoms with Gasteiger partial charge < -0.3 is 20.3 Å². The van der Waals surface area contributed by atoms with E-state index in [-0.39, 0.29) is 30.2 Å². The number of rotatable bonds is 8. The van der Waals surface area contributed by atoms with Crippen molar-refractivity contribution in [3.63, 3.8) is 0 Å². The second kappa shape index (κ2) is 8.73. The summed E-state index contributed by atoms with van der Waals surface area (Å²) >= 11 is 0. The van der Waals surface area contributed by atoms with E-state index in [1.165, 1.54) is 18.2 Å². The lowest BCUT2D eigenvalue weighted by Crippen LogP contribution is -2.13. The number of hydrogen-bond donors (Lipinski definition) is 3. The van der Waals surface area contributed by atoms with Gasteiger partial charge in [-0.25, -0.2) is 0 Å². The number of aliphatic carboxylic acids is 1. The second-order valence-corrected chi connectivity index (χ2v) is 5.74. The molecule has 0 aliphatic rings. The van der Waals surface area contributed by atoms with Crippen LogP contribution in [-0.2, 0) is 16.0 Å². The molecular formula is C19H21NO5. The van der Waals surface area contributed by atoms with Gasteiger partial charge in [-0.15, -0.1) is 0 Å². The van der Waals surface area contributed by atoms with Crippen LogP contribution in [0.2, 0.25) is 0 Å². The molecule has 0 heterocycles. The molecule has 1 amide bonds. The SMILES string of the molecule is Cc1ccc(OCCCC(=O)Nc2cc(CC(=O)O)ccc2O)cc1. The molecule has 0 aliphatic heterocycles. The van der Waals surface area contributed by atoms with E-state index in [2.05, 4.69) is 5.32 Å². The number of phenolic OH excluding ortho intramolecular Hbond substituents is 1. The molecule has 3 N–H and O–H groups in total. The highest BCUT2D eigenvalue weighted by Crippen LogP contribution is 2.24.